The Bertz CT molecular complexity index is 887. The number of rotatable bonds is 3. The minimum Gasteiger partial charge on any atom is -0.340 e. The number of hydrogen-bond acceptors (Lipinski definition) is 5. The first-order valence-corrected chi connectivity index (χ1v) is 11.2. The molecular formula is C19H24F3N3O4S. The monoisotopic (exact) mass is 447 g/mol. The molecule has 0 bridgehead atoms. The molecule has 2 aliphatic rings. The van der Waals surface area contributed by atoms with E-state index in [1.54, 1.807) is 4.90 Å². The van der Waals surface area contributed by atoms with E-state index in [1.165, 1.54) is 0 Å². The molecule has 11 heteroatoms. The maximum Gasteiger partial charge on any atom is 0.501 e. The van der Waals surface area contributed by atoms with Crippen molar-refractivity contribution in [2.24, 2.45) is 5.92 Å². The van der Waals surface area contributed by atoms with Crippen molar-refractivity contribution in [1.82, 2.24) is 14.7 Å². The lowest BCUT2D eigenvalue weighted by Gasteiger charge is -2.37. The molecule has 2 amide bonds. The Kier molecular flexibility index (Phi) is 6.42. The van der Waals surface area contributed by atoms with Crippen molar-refractivity contribution in [2.45, 2.75) is 23.2 Å². The molecule has 30 heavy (non-hydrogen) atoms. The van der Waals surface area contributed by atoms with Gasteiger partial charge in [0.2, 0.25) is 5.91 Å². The molecule has 1 aromatic carbocycles. The summed E-state index contributed by atoms with van der Waals surface area (Å²) in [5.74, 6) is -0.426. The average Bonchev–Trinajstić information content (AvgIpc) is 2.72. The molecule has 0 N–H and O–H groups in total. The Hall–Kier alpha value is -2.14. The van der Waals surface area contributed by atoms with Crippen LogP contribution < -0.4 is 0 Å². The summed E-state index contributed by atoms with van der Waals surface area (Å²) >= 11 is 0. The molecule has 0 unspecified atom stereocenters. The van der Waals surface area contributed by atoms with Crippen molar-refractivity contribution in [2.75, 3.05) is 46.3 Å². The molecule has 0 saturated carbocycles. The van der Waals surface area contributed by atoms with Crippen LogP contribution in [0, 0.1) is 5.92 Å². The number of carbonyl (C=O) groups is 2. The van der Waals surface area contributed by atoms with Crippen LogP contribution in [-0.4, -0.2) is 86.8 Å². The predicted molar refractivity (Wildman–Crippen MR) is 102 cm³/mol. The van der Waals surface area contributed by atoms with E-state index in [-0.39, 0.29) is 17.4 Å². The number of nitrogens with zero attached hydrogens (tertiary/aromatic N) is 3. The van der Waals surface area contributed by atoms with Crippen molar-refractivity contribution in [3.63, 3.8) is 0 Å². The van der Waals surface area contributed by atoms with E-state index in [4.69, 9.17) is 0 Å². The van der Waals surface area contributed by atoms with Crippen molar-refractivity contribution in [1.29, 1.82) is 0 Å². The largest absolute Gasteiger partial charge is 0.501 e. The van der Waals surface area contributed by atoms with Gasteiger partial charge in [-0.05, 0) is 44.2 Å². The highest BCUT2D eigenvalue weighted by Gasteiger charge is 2.46. The Morgan fingerprint density at radius 3 is 1.93 bits per heavy atom. The number of carbonyl (C=O) groups excluding carboxylic acids is 2. The van der Waals surface area contributed by atoms with Gasteiger partial charge in [0.1, 0.15) is 0 Å². The molecule has 0 atom stereocenters. The zero-order valence-electron chi connectivity index (χ0n) is 16.6. The van der Waals surface area contributed by atoms with Crippen LogP contribution in [0.3, 0.4) is 0 Å². The summed E-state index contributed by atoms with van der Waals surface area (Å²) in [7, 11) is -3.43. The quantitative estimate of drug-likeness (QED) is 0.704. The molecular weight excluding hydrogens is 423 g/mol. The standard InChI is InChI=1S/C19H24F3N3O4S/c1-23-10-12-25(13-11-23)18(27)15-6-8-24(9-7-15)17(26)14-2-4-16(5-3-14)30(28,29)19(20,21)22/h2-5,15H,6-13H2,1H3. The molecule has 7 nitrogen and oxygen atoms in total. The van der Waals surface area contributed by atoms with Gasteiger partial charge in [0.05, 0.1) is 4.90 Å². The molecule has 2 heterocycles. The maximum atomic E-state index is 12.7. The summed E-state index contributed by atoms with van der Waals surface area (Å²) in [5, 5.41) is 0. The van der Waals surface area contributed by atoms with Gasteiger partial charge in [0.25, 0.3) is 15.7 Å². The minimum atomic E-state index is -5.44. The Morgan fingerprint density at radius 2 is 1.43 bits per heavy atom. The molecule has 3 rings (SSSR count). The Labute approximate surface area is 173 Å². The lowest BCUT2D eigenvalue weighted by Crippen LogP contribution is -2.51. The van der Waals surface area contributed by atoms with Gasteiger partial charge < -0.3 is 14.7 Å². The maximum absolute atomic E-state index is 12.7. The molecule has 2 fully saturated rings. The molecule has 166 valence electrons. The summed E-state index contributed by atoms with van der Waals surface area (Å²) in [6.45, 7) is 3.80. The van der Waals surface area contributed by atoms with Crippen LogP contribution in [0.2, 0.25) is 0 Å². The molecule has 2 aliphatic heterocycles. The van der Waals surface area contributed by atoms with Crippen molar-refractivity contribution < 1.29 is 31.2 Å². The number of likely N-dealkylation sites (tertiary alicyclic amines) is 1. The highest BCUT2D eigenvalue weighted by atomic mass is 32.2. The van der Waals surface area contributed by atoms with Crippen molar-refractivity contribution >= 4 is 21.7 Å². The summed E-state index contributed by atoms with van der Waals surface area (Å²) in [4.78, 5) is 30.0. The van der Waals surface area contributed by atoms with Gasteiger partial charge in [-0.25, -0.2) is 8.42 Å². The van der Waals surface area contributed by atoms with E-state index in [9.17, 15) is 31.2 Å². The van der Waals surface area contributed by atoms with E-state index >= 15 is 0 Å². The molecule has 0 spiro atoms. The number of amides is 2. The van der Waals surface area contributed by atoms with Crippen LogP contribution in [0.1, 0.15) is 23.2 Å². The van der Waals surface area contributed by atoms with Crippen LogP contribution in [0.15, 0.2) is 29.2 Å². The highest BCUT2D eigenvalue weighted by molar-refractivity contribution is 7.92. The number of halogens is 3. The lowest BCUT2D eigenvalue weighted by molar-refractivity contribution is -0.138. The number of sulfone groups is 1. The fourth-order valence-corrected chi connectivity index (χ4v) is 4.47. The zero-order valence-corrected chi connectivity index (χ0v) is 17.4. The van der Waals surface area contributed by atoms with Gasteiger partial charge in [-0.1, -0.05) is 0 Å². The summed E-state index contributed by atoms with van der Waals surface area (Å²) < 4.78 is 60.7. The van der Waals surface area contributed by atoms with Crippen LogP contribution in [0.4, 0.5) is 13.2 Å². The van der Waals surface area contributed by atoms with Crippen molar-refractivity contribution in [3.8, 4) is 0 Å². The lowest BCUT2D eigenvalue weighted by atomic mass is 9.94. The second-order valence-electron chi connectivity index (χ2n) is 7.67. The van der Waals surface area contributed by atoms with Crippen LogP contribution in [0.25, 0.3) is 0 Å². The van der Waals surface area contributed by atoms with E-state index in [0.717, 1.165) is 37.4 Å². The molecule has 0 aliphatic carbocycles. The summed E-state index contributed by atoms with van der Waals surface area (Å²) in [6, 6.07) is 3.75. The van der Waals surface area contributed by atoms with Crippen LogP contribution in [-0.2, 0) is 14.6 Å². The van der Waals surface area contributed by atoms with Crippen LogP contribution >= 0.6 is 0 Å². The fraction of sp³-hybridized carbons (Fsp3) is 0.579. The summed E-state index contributed by atoms with van der Waals surface area (Å²) in [5.41, 5.74) is -5.28. The number of alkyl halides is 3. The van der Waals surface area contributed by atoms with E-state index < -0.39 is 26.1 Å². The first-order valence-electron chi connectivity index (χ1n) is 9.69. The smallest absolute Gasteiger partial charge is 0.340 e. The SMILES string of the molecule is CN1CCN(C(=O)C2CCN(C(=O)c3ccc(S(=O)(=O)C(F)(F)F)cc3)CC2)CC1. The predicted octanol–water partition coefficient (Wildman–Crippen LogP) is 1.61. The number of piperazine rings is 1. The second-order valence-corrected chi connectivity index (χ2v) is 9.61. The summed E-state index contributed by atoms with van der Waals surface area (Å²) in [6.07, 6.45) is 1.05. The second kappa shape index (κ2) is 8.54. The zero-order chi connectivity index (χ0) is 22.1. The fourth-order valence-electron chi connectivity index (χ4n) is 3.71. The minimum absolute atomic E-state index is 0.108. The Balaban J connectivity index is 1.58. The molecule has 0 aromatic heterocycles. The van der Waals surface area contributed by atoms with Gasteiger partial charge in [-0.15, -0.1) is 0 Å². The van der Waals surface area contributed by atoms with Gasteiger partial charge in [-0.2, -0.15) is 13.2 Å². The molecule has 1 aromatic rings. The number of hydrogen-bond donors (Lipinski definition) is 0. The van der Waals surface area contributed by atoms with Crippen LogP contribution in [0.5, 0.6) is 0 Å². The van der Waals surface area contributed by atoms with E-state index in [1.807, 2.05) is 11.9 Å². The third-order valence-corrected chi connectivity index (χ3v) is 7.16. The topological polar surface area (TPSA) is 78.0 Å². The number of benzene rings is 1. The normalized spacial score (nSPS) is 19.7. The Morgan fingerprint density at radius 1 is 0.900 bits per heavy atom. The van der Waals surface area contributed by atoms with Gasteiger partial charge >= 0.3 is 5.51 Å². The molecule has 0 radical (unpaired) electrons. The third-order valence-electron chi connectivity index (χ3n) is 5.66. The first kappa shape index (κ1) is 22.5. The van der Waals surface area contributed by atoms with E-state index in [0.29, 0.717) is 39.0 Å². The first-order chi connectivity index (χ1) is 14.0. The average molecular weight is 447 g/mol. The third kappa shape index (κ3) is 4.61. The number of piperidine rings is 1. The van der Waals surface area contributed by atoms with Gasteiger partial charge in [-0.3, -0.25) is 9.59 Å². The van der Waals surface area contributed by atoms with Crippen molar-refractivity contribution in [3.05, 3.63) is 29.8 Å². The van der Waals surface area contributed by atoms with Gasteiger partial charge in [0, 0.05) is 50.7 Å². The number of likely N-dealkylation sites (N-methyl/N-ethyl adjacent to an activating group) is 1. The highest BCUT2D eigenvalue weighted by Crippen LogP contribution is 2.30. The molecule has 2 saturated heterocycles. The van der Waals surface area contributed by atoms with Gasteiger partial charge in [0.15, 0.2) is 0 Å². The van der Waals surface area contributed by atoms with E-state index in [2.05, 4.69) is 4.90 Å².